The quantitative estimate of drug-likeness (QED) is 0.587. The first-order valence-electron chi connectivity index (χ1n) is 8.24. The fourth-order valence-electron chi connectivity index (χ4n) is 2.30. The molecule has 3 nitrogen and oxygen atoms in total. The largest absolute Gasteiger partial charge is 0.494 e. The van der Waals surface area contributed by atoms with Gasteiger partial charge in [0.25, 0.3) is 0 Å². The topological polar surface area (TPSA) is 30.5 Å². The number of unbranched alkanes of at least 4 members (excludes halogenated alkanes) is 2. The van der Waals surface area contributed by atoms with Gasteiger partial charge in [0.15, 0.2) is 0 Å². The lowest BCUT2D eigenvalue weighted by molar-refractivity contribution is 0.161. The minimum absolute atomic E-state index is 0.435. The zero-order valence-corrected chi connectivity index (χ0v) is 13.9. The van der Waals surface area contributed by atoms with E-state index in [2.05, 4.69) is 43.4 Å². The minimum Gasteiger partial charge on any atom is -0.494 e. The third-order valence-electron chi connectivity index (χ3n) is 3.54. The van der Waals surface area contributed by atoms with Crippen molar-refractivity contribution < 1.29 is 9.47 Å². The van der Waals surface area contributed by atoms with Gasteiger partial charge in [0.1, 0.15) is 5.75 Å². The first-order chi connectivity index (χ1) is 10.3. The van der Waals surface area contributed by atoms with Crippen LogP contribution in [0.15, 0.2) is 24.3 Å². The van der Waals surface area contributed by atoms with Crippen molar-refractivity contribution in [3.63, 3.8) is 0 Å². The molecule has 0 amide bonds. The van der Waals surface area contributed by atoms with Crippen LogP contribution >= 0.6 is 0 Å². The molecule has 0 fully saturated rings. The molecule has 1 rings (SSSR count). The summed E-state index contributed by atoms with van der Waals surface area (Å²) in [5.74, 6) is 0.969. The fourth-order valence-corrected chi connectivity index (χ4v) is 2.30. The zero-order chi connectivity index (χ0) is 15.3. The molecule has 0 aliphatic heterocycles. The molecule has 1 unspecified atom stereocenters. The van der Waals surface area contributed by atoms with Crippen molar-refractivity contribution in [2.75, 3.05) is 20.3 Å². The van der Waals surface area contributed by atoms with Gasteiger partial charge in [-0.3, -0.25) is 0 Å². The Morgan fingerprint density at radius 3 is 2.43 bits per heavy atom. The molecule has 0 saturated carbocycles. The summed E-state index contributed by atoms with van der Waals surface area (Å²) in [7, 11) is 1.76. The number of methoxy groups -OCH3 is 1. The summed E-state index contributed by atoms with van der Waals surface area (Å²) in [6.07, 6.45) is 5.92. The number of hydrogen-bond donors (Lipinski definition) is 1. The predicted molar refractivity (Wildman–Crippen MR) is 88.9 cm³/mol. The van der Waals surface area contributed by atoms with E-state index in [-0.39, 0.29) is 0 Å². The third-order valence-corrected chi connectivity index (χ3v) is 3.54. The van der Waals surface area contributed by atoms with Crippen LogP contribution in [0.5, 0.6) is 5.75 Å². The van der Waals surface area contributed by atoms with E-state index in [0.717, 1.165) is 38.3 Å². The Labute approximate surface area is 130 Å². The van der Waals surface area contributed by atoms with Crippen molar-refractivity contribution in [2.24, 2.45) is 0 Å². The molecule has 3 heteroatoms. The van der Waals surface area contributed by atoms with Crippen LogP contribution < -0.4 is 10.1 Å². The van der Waals surface area contributed by atoms with Crippen LogP contribution in [0, 0.1) is 0 Å². The second kappa shape index (κ2) is 11.6. The average Bonchev–Trinajstić information content (AvgIpc) is 2.51. The molecule has 1 aromatic rings. The van der Waals surface area contributed by atoms with E-state index in [1.807, 2.05) is 0 Å². The van der Waals surface area contributed by atoms with E-state index < -0.39 is 0 Å². The highest BCUT2D eigenvalue weighted by molar-refractivity contribution is 5.27. The molecule has 21 heavy (non-hydrogen) atoms. The Kier molecular flexibility index (Phi) is 9.92. The predicted octanol–water partition coefficient (Wildman–Crippen LogP) is 4.16. The number of nitrogens with one attached hydrogen (secondary N) is 1. The van der Waals surface area contributed by atoms with Crippen LogP contribution in [-0.2, 0) is 11.3 Å². The molecule has 0 aliphatic rings. The van der Waals surface area contributed by atoms with Crippen LogP contribution in [0.2, 0.25) is 0 Å². The van der Waals surface area contributed by atoms with Crippen LogP contribution in [0.1, 0.15) is 51.5 Å². The van der Waals surface area contributed by atoms with Crippen LogP contribution in [0.3, 0.4) is 0 Å². The van der Waals surface area contributed by atoms with E-state index in [1.54, 1.807) is 7.11 Å². The molecule has 0 radical (unpaired) electrons. The van der Waals surface area contributed by atoms with E-state index in [0.29, 0.717) is 6.04 Å². The summed E-state index contributed by atoms with van der Waals surface area (Å²) in [6, 6.07) is 8.84. The molecule has 0 saturated heterocycles. The van der Waals surface area contributed by atoms with Crippen molar-refractivity contribution >= 4 is 0 Å². The first-order valence-corrected chi connectivity index (χ1v) is 8.24. The highest BCUT2D eigenvalue weighted by Crippen LogP contribution is 2.13. The monoisotopic (exact) mass is 293 g/mol. The third kappa shape index (κ3) is 8.08. The molecule has 0 aromatic heterocycles. The summed E-state index contributed by atoms with van der Waals surface area (Å²) >= 11 is 0. The molecular formula is C18H31NO2. The van der Waals surface area contributed by atoms with Crippen molar-refractivity contribution in [3.05, 3.63) is 29.8 Å². The van der Waals surface area contributed by atoms with Crippen molar-refractivity contribution in [2.45, 2.75) is 58.5 Å². The highest BCUT2D eigenvalue weighted by Gasteiger charge is 2.06. The molecular weight excluding hydrogens is 262 g/mol. The second-order valence-electron chi connectivity index (χ2n) is 5.52. The molecule has 120 valence electrons. The smallest absolute Gasteiger partial charge is 0.119 e. The molecule has 1 atom stereocenters. The van der Waals surface area contributed by atoms with E-state index >= 15 is 0 Å². The Morgan fingerprint density at radius 2 is 1.81 bits per heavy atom. The SMILES string of the molecule is CCCCCOc1ccc(CNC(CCC)COC)cc1. The zero-order valence-electron chi connectivity index (χ0n) is 13.9. The van der Waals surface area contributed by atoms with Gasteiger partial charge in [-0.05, 0) is 30.5 Å². The normalized spacial score (nSPS) is 12.3. The molecule has 0 aliphatic carbocycles. The maximum atomic E-state index is 5.73. The molecule has 0 heterocycles. The van der Waals surface area contributed by atoms with Gasteiger partial charge in [-0.15, -0.1) is 0 Å². The number of rotatable bonds is 12. The van der Waals surface area contributed by atoms with Gasteiger partial charge in [-0.1, -0.05) is 45.2 Å². The maximum Gasteiger partial charge on any atom is 0.119 e. The van der Waals surface area contributed by atoms with Gasteiger partial charge in [-0.25, -0.2) is 0 Å². The first kappa shape index (κ1) is 18.0. The van der Waals surface area contributed by atoms with Crippen LogP contribution in [0.25, 0.3) is 0 Å². The Bertz CT molecular complexity index is 345. The fraction of sp³-hybridized carbons (Fsp3) is 0.667. The summed E-state index contributed by atoms with van der Waals surface area (Å²) < 4.78 is 11.0. The maximum absolute atomic E-state index is 5.73. The van der Waals surface area contributed by atoms with Crippen molar-refractivity contribution in [3.8, 4) is 5.75 Å². The number of hydrogen-bond acceptors (Lipinski definition) is 3. The number of benzene rings is 1. The second-order valence-corrected chi connectivity index (χ2v) is 5.52. The van der Waals surface area contributed by atoms with Crippen LogP contribution in [0.4, 0.5) is 0 Å². The Hall–Kier alpha value is -1.06. The Morgan fingerprint density at radius 1 is 1.05 bits per heavy atom. The van der Waals surface area contributed by atoms with Gasteiger partial charge in [-0.2, -0.15) is 0 Å². The molecule has 0 bridgehead atoms. The van der Waals surface area contributed by atoms with Gasteiger partial charge in [0.05, 0.1) is 13.2 Å². The summed E-state index contributed by atoms with van der Waals surface area (Å²) in [5, 5.41) is 3.55. The van der Waals surface area contributed by atoms with Crippen molar-refractivity contribution in [1.29, 1.82) is 0 Å². The lowest BCUT2D eigenvalue weighted by atomic mass is 10.1. The lowest BCUT2D eigenvalue weighted by Gasteiger charge is -2.17. The highest BCUT2D eigenvalue weighted by atomic mass is 16.5. The lowest BCUT2D eigenvalue weighted by Crippen LogP contribution is -2.32. The van der Waals surface area contributed by atoms with Gasteiger partial charge >= 0.3 is 0 Å². The van der Waals surface area contributed by atoms with Gasteiger partial charge in [0, 0.05) is 19.7 Å². The van der Waals surface area contributed by atoms with E-state index in [9.17, 15) is 0 Å². The van der Waals surface area contributed by atoms with Crippen LogP contribution in [-0.4, -0.2) is 26.4 Å². The standard InChI is InChI=1S/C18H31NO2/c1-4-6-7-13-21-18-11-9-16(10-12-18)14-19-17(8-5-2)15-20-3/h9-12,17,19H,4-8,13-15H2,1-3H3. The summed E-state index contributed by atoms with van der Waals surface area (Å²) in [6.45, 7) is 6.88. The number of ether oxygens (including phenoxy) is 2. The molecule has 0 spiro atoms. The van der Waals surface area contributed by atoms with E-state index in [4.69, 9.17) is 9.47 Å². The molecule has 1 aromatic carbocycles. The summed E-state index contributed by atoms with van der Waals surface area (Å²) in [5.41, 5.74) is 1.29. The van der Waals surface area contributed by atoms with Gasteiger partial charge in [0.2, 0.25) is 0 Å². The van der Waals surface area contributed by atoms with Gasteiger partial charge < -0.3 is 14.8 Å². The van der Waals surface area contributed by atoms with E-state index in [1.165, 1.54) is 24.8 Å². The van der Waals surface area contributed by atoms with Crippen molar-refractivity contribution in [1.82, 2.24) is 5.32 Å². The Balaban J connectivity index is 2.32. The summed E-state index contributed by atoms with van der Waals surface area (Å²) in [4.78, 5) is 0. The molecule has 1 N–H and O–H groups in total. The minimum atomic E-state index is 0.435. The average molecular weight is 293 g/mol.